The molecular weight excluding hydrogens is 418 g/mol. The summed E-state index contributed by atoms with van der Waals surface area (Å²) in [5, 5.41) is 7.80. The number of nitrogens with one attached hydrogen (secondary N) is 2. The van der Waals surface area contributed by atoms with Crippen LogP contribution in [0, 0.1) is 23.7 Å². The van der Waals surface area contributed by atoms with Gasteiger partial charge in [-0.15, -0.1) is 0 Å². The third-order valence-electron chi connectivity index (χ3n) is 7.87. The van der Waals surface area contributed by atoms with Crippen molar-refractivity contribution in [2.45, 2.75) is 44.8 Å². The molecule has 6 rings (SSSR count). The second-order valence-electron chi connectivity index (χ2n) is 10.4. The molecule has 4 fully saturated rings. The fourth-order valence-electron chi connectivity index (χ4n) is 6.67. The molecule has 5 atom stereocenters. The molecule has 3 saturated heterocycles. The standard InChI is InChI=1S/C27H34ClN3O/c1-18(2)16-31-17-22-13-21-15-30-27(22,25(31)24(21)12-19-6-4-3-5-7-19)26(32)29-14-20-8-10-23(28)11-9-20/h3-11,18,21-22,24-25,30H,12-17H2,1-2H3,(H,29,32)/t21-,22-,24+,25-,27-/m0/s1. The summed E-state index contributed by atoms with van der Waals surface area (Å²) in [7, 11) is 0. The number of piperidine rings is 2. The minimum Gasteiger partial charge on any atom is -0.350 e. The molecule has 2 aromatic rings. The summed E-state index contributed by atoms with van der Waals surface area (Å²) in [6.45, 7) is 8.12. The number of halogens is 1. The van der Waals surface area contributed by atoms with Crippen molar-refractivity contribution >= 4 is 17.5 Å². The van der Waals surface area contributed by atoms with Crippen LogP contribution in [0.25, 0.3) is 0 Å². The number of rotatable bonds is 7. The van der Waals surface area contributed by atoms with Crippen molar-refractivity contribution in [1.29, 1.82) is 0 Å². The molecule has 3 aliphatic heterocycles. The minimum absolute atomic E-state index is 0.171. The smallest absolute Gasteiger partial charge is 0.242 e. The topological polar surface area (TPSA) is 44.4 Å². The molecule has 2 aromatic carbocycles. The first-order chi connectivity index (χ1) is 15.5. The lowest BCUT2D eigenvalue weighted by Gasteiger charge is -2.56. The average molecular weight is 452 g/mol. The molecule has 0 unspecified atom stereocenters. The zero-order chi connectivity index (χ0) is 22.3. The van der Waals surface area contributed by atoms with Crippen LogP contribution in [-0.4, -0.2) is 42.0 Å². The van der Waals surface area contributed by atoms with Crippen LogP contribution in [0.5, 0.6) is 0 Å². The van der Waals surface area contributed by atoms with Gasteiger partial charge in [0.05, 0.1) is 0 Å². The highest BCUT2D eigenvalue weighted by atomic mass is 35.5. The molecule has 1 amide bonds. The van der Waals surface area contributed by atoms with Gasteiger partial charge in [0.1, 0.15) is 5.54 Å². The number of hydrogen-bond donors (Lipinski definition) is 2. The Hall–Kier alpha value is -1.88. The molecule has 3 heterocycles. The Morgan fingerprint density at radius 1 is 1.16 bits per heavy atom. The van der Waals surface area contributed by atoms with Crippen molar-refractivity contribution in [3.05, 3.63) is 70.7 Å². The Kier molecular flexibility index (Phi) is 6.04. The van der Waals surface area contributed by atoms with Gasteiger partial charge >= 0.3 is 0 Å². The number of hydrogen-bond acceptors (Lipinski definition) is 3. The van der Waals surface area contributed by atoms with Gasteiger partial charge in [0, 0.05) is 36.6 Å². The Bertz CT molecular complexity index is 947. The highest BCUT2D eigenvalue weighted by molar-refractivity contribution is 6.30. The second kappa shape index (κ2) is 8.81. The maximum absolute atomic E-state index is 13.9. The number of amides is 1. The molecule has 1 saturated carbocycles. The number of benzene rings is 2. The quantitative estimate of drug-likeness (QED) is 0.665. The summed E-state index contributed by atoms with van der Waals surface area (Å²) >= 11 is 6.03. The normalized spacial score (nSPS) is 31.2. The van der Waals surface area contributed by atoms with Gasteiger partial charge in [-0.3, -0.25) is 9.69 Å². The molecule has 4 aliphatic rings. The van der Waals surface area contributed by atoms with Gasteiger partial charge in [-0.05, 0) is 60.4 Å². The summed E-state index contributed by atoms with van der Waals surface area (Å²) in [5.41, 5.74) is 1.97. The fourth-order valence-corrected chi connectivity index (χ4v) is 6.80. The van der Waals surface area contributed by atoms with Crippen LogP contribution in [0.2, 0.25) is 5.02 Å². The van der Waals surface area contributed by atoms with Crippen LogP contribution in [0.15, 0.2) is 54.6 Å². The Labute approximate surface area is 196 Å². The third-order valence-corrected chi connectivity index (χ3v) is 8.12. The lowest BCUT2D eigenvalue weighted by molar-refractivity contribution is -0.138. The largest absolute Gasteiger partial charge is 0.350 e. The van der Waals surface area contributed by atoms with Gasteiger partial charge in [-0.1, -0.05) is 67.9 Å². The van der Waals surface area contributed by atoms with E-state index in [0.29, 0.717) is 30.2 Å². The van der Waals surface area contributed by atoms with E-state index in [0.717, 1.165) is 43.1 Å². The molecule has 4 nitrogen and oxygen atoms in total. The molecule has 1 aliphatic carbocycles. The van der Waals surface area contributed by atoms with E-state index >= 15 is 0 Å². The van der Waals surface area contributed by atoms with Crippen LogP contribution in [0.4, 0.5) is 0 Å². The number of carbonyl (C=O) groups excluding carboxylic acids is 1. The first-order valence-corrected chi connectivity index (χ1v) is 12.4. The number of fused-ring (bicyclic) bond motifs is 1. The van der Waals surface area contributed by atoms with Gasteiger partial charge in [0.2, 0.25) is 5.91 Å². The number of nitrogens with zero attached hydrogens (tertiary/aromatic N) is 1. The molecule has 0 radical (unpaired) electrons. The van der Waals surface area contributed by atoms with E-state index in [1.807, 2.05) is 24.3 Å². The highest BCUT2D eigenvalue weighted by Gasteiger charge is 2.67. The van der Waals surface area contributed by atoms with E-state index in [4.69, 9.17) is 11.6 Å². The van der Waals surface area contributed by atoms with Gasteiger partial charge in [0.15, 0.2) is 0 Å². The van der Waals surface area contributed by atoms with Crippen LogP contribution in [0.3, 0.4) is 0 Å². The second-order valence-corrected chi connectivity index (χ2v) is 10.8. The van der Waals surface area contributed by atoms with Crippen LogP contribution >= 0.6 is 11.6 Å². The average Bonchev–Trinajstić information content (AvgIpc) is 3.04. The molecule has 0 spiro atoms. The predicted octanol–water partition coefficient (Wildman–Crippen LogP) is 4.13. The van der Waals surface area contributed by atoms with E-state index in [-0.39, 0.29) is 11.9 Å². The van der Waals surface area contributed by atoms with Gasteiger partial charge < -0.3 is 10.6 Å². The molecule has 2 N–H and O–H groups in total. The zero-order valence-electron chi connectivity index (χ0n) is 19.1. The molecule has 32 heavy (non-hydrogen) atoms. The van der Waals surface area contributed by atoms with E-state index in [1.54, 1.807) is 0 Å². The van der Waals surface area contributed by atoms with Crippen LogP contribution < -0.4 is 10.6 Å². The summed E-state index contributed by atoms with van der Waals surface area (Å²) in [5.74, 6) is 2.26. The molecule has 5 heteroatoms. The molecule has 170 valence electrons. The summed E-state index contributed by atoms with van der Waals surface area (Å²) in [4.78, 5) is 16.5. The Morgan fingerprint density at radius 2 is 1.91 bits per heavy atom. The summed E-state index contributed by atoms with van der Waals surface area (Å²) < 4.78 is 0. The van der Waals surface area contributed by atoms with E-state index in [1.165, 1.54) is 5.56 Å². The fraction of sp³-hybridized carbons (Fsp3) is 0.519. The van der Waals surface area contributed by atoms with Crippen molar-refractivity contribution in [3.63, 3.8) is 0 Å². The monoisotopic (exact) mass is 451 g/mol. The molecule has 0 aromatic heterocycles. The lowest BCUT2D eigenvalue weighted by atomic mass is 9.58. The number of likely N-dealkylation sites (tertiary alicyclic amines) is 1. The van der Waals surface area contributed by atoms with E-state index < -0.39 is 5.54 Å². The van der Waals surface area contributed by atoms with E-state index in [9.17, 15) is 4.79 Å². The van der Waals surface area contributed by atoms with Crippen molar-refractivity contribution in [2.75, 3.05) is 19.6 Å². The maximum Gasteiger partial charge on any atom is 0.242 e. The predicted molar refractivity (Wildman–Crippen MR) is 129 cm³/mol. The SMILES string of the molecule is CC(C)CN1C[C@@H]2C[C@H]3CN[C@]2(C(=O)NCc2ccc(Cl)cc2)[C@@H]1[C@@H]3Cc1ccccc1. The number of carbonyl (C=O) groups is 1. The van der Waals surface area contributed by atoms with Gasteiger partial charge in [-0.25, -0.2) is 0 Å². The molecule has 4 bridgehead atoms. The first kappa shape index (κ1) is 21.9. The summed E-state index contributed by atoms with van der Waals surface area (Å²) in [6.07, 6.45) is 2.19. The maximum atomic E-state index is 13.9. The third kappa shape index (κ3) is 3.87. The van der Waals surface area contributed by atoms with Gasteiger partial charge in [-0.2, -0.15) is 0 Å². The highest BCUT2D eigenvalue weighted by Crippen LogP contribution is 2.53. The Balaban J connectivity index is 1.42. The van der Waals surface area contributed by atoms with Crippen molar-refractivity contribution in [1.82, 2.24) is 15.5 Å². The van der Waals surface area contributed by atoms with Crippen molar-refractivity contribution in [2.24, 2.45) is 23.7 Å². The zero-order valence-corrected chi connectivity index (χ0v) is 19.8. The van der Waals surface area contributed by atoms with Crippen molar-refractivity contribution in [3.8, 4) is 0 Å². The molecular formula is C27H34ClN3O. The van der Waals surface area contributed by atoms with Gasteiger partial charge in [0.25, 0.3) is 0 Å². The Morgan fingerprint density at radius 3 is 2.62 bits per heavy atom. The summed E-state index contributed by atoms with van der Waals surface area (Å²) in [6, 6.07) is 18.8. The minimum atomic E-state index is -0.491. The van der Waals surface area contributed by atoms with Crippen LogP contribution in [0.1, 0.15) is 31.4 Å². The van der Waals surface area contributed by atoms with Crippen molar-refractivity contribution < 1.29 is 4.79 Å². The van der Waals surface area contributed by atoms with Crippen LogP contribution in [-0.2, 0) is 17.8 Å². The lowest BCUT2D eigenvalue weighted by Crippen LogP contribution is -2.76. The van der Waals surface area contributed by atoms with E-state index in [2.05, 4.69) is 59.7 Å². The first-order valence-electron chi connectivity index (χ1n) is 12.0.